The van der Waals surface area contributed by atoms with E-state index >= 15 is 0 Å². The van der Waals surface area contributed by atoms with Crippen molar-refractivity contribution in [1.82, 2.24) is 0 Å². The third-order valence-electron chi connectivity index (χ3n) is 13.0. The van der Waals surface area contributed by atoms with Crippen LogP contribution >= 0.6 is 0 Å². The second kappa shape index (κ2) is 29.2. The molecule has 0 unspecified atom stereocenters. The van der Waals surface area contributed by atoms with E-state index < -0.39 is 81.8 Å². The molecule has 0 bridgehead atoms. The van der Waals surface area contributed by atoms with Crippen molar-refractivity contribution in [3.63, 3.8) is 0 Å². The van der Waals surface area contributed by atoms with Crippen molar-refractivity contribution in [2.75, 3.05) is 40.0 Å². The van der Waals surface area contributed by atoms with Gasteiger partial charge in [0.05, 0.1) is 66.1 Å². The van der Waals surface area contributed by atoms with Gasteiger partial charge in [0.25, 0.3) is 0 Å². The van der Waals surface area contributed by atoms with Gasteiger partial charge in [-0.05, 0) is 33.4 Å². The molecule has 20 heteroatoms. The quantitative estimate of drug-likeness (QED) is 0.0645. The Labute approximate surface area is 455 Å². The fourth-order valence-electron chi connectivity index (χ4n) is 9.05. The highest BCUT2D eigenvalue weighted by atomic mass is 32.3. The van der Waals surface area contributed by atoms with Crippen molar-refractivity contribution < 1.29 is 80.9 Å². The summed E-state index contributed by atoms with van der Waals surface area (Å²) in [5.41, 5.74) is 5.80. The zero-order chi connectivity index (χ0) is 53.8. The largest absolute Gasteiger partial charge is 0.400 e. The topological polar surface area (TPSA) is 197 Å². The molecule has 0 aromatic heterocycles. The van der Waals surface area contributed by atoms with Gasteiger partial charge < -0.3 is 47.4 Å². The third-order valence-corrected chi connectivity index (χ3v) is 14.8. The smallest absolute Gasteiger partial charge is 0.374 e. The van der Waals surface area contributed by atoms with E-state index in [4.69, 9.17) is 64.1 Å². The van der Waals surface area contributed by atoms with Crippen LogP contribution in [0.15, 0.2) is 182 Å². The highest BCUT2D eigenvalue weighted by Crippen LogP contribution is 2.33. The van der Waals surface area contributed by atoms with Crippen LogP contribution in [0.1, 0.15) is 33.4 Å². The number of hydrogen-bond donors (Lipinski definition) is 0. The Bertz CT molecular complexity index is 2680. The molecule has 10 rings (SSSR count). The molecule has 10 atom stereocenters. The van der Waals surface area contributed by atoms with Crippen LogP contribution in [0.25, 0.3) is 0 Å². The molecule has 0 aliphatic carbocycles. The molecule has 0 N–H and O–H groups in total. The minimum Gasteiger partial charge on any atom is -0.374 e. The summed E-state index contributed by atoms with van der Waals surface area (Å²) in [6, 6.07) is 58.2. The normalized spacial score (nSPS) is 25.3. The van der Waals surface area contributed by atoms with Gasteiger partial charge in [-0.1, -0.05) is 182 Å². The van der Waals surface area contributed by atoms with Crippen LogP contribution in [-0.4, -0.2) is 118 Å². The van der Waals surface area contributed by atoms with E-state index in [1.807, 2.05) is 182 Å². The van der Waals surface area contributed by atoms with Gasteiger partial charge in [-0.25, -0.2) is 16.7 Å². The second-order valence-electron chi connectivity index (χ2n) is 18.6. The van der Waals surface area contributed by atoms with Gasteiger partial charge in [0.15, 0.2) is 0 Å². The molecule has 0 spiro atoms. The maximum atomic E-state index is 12.3. The van der Waals surface area contributed by atoms with Crippen molar-refractivity contribution in [3.05, 3.63) is 215 Å². The summed E-state index contributed by atoms with van der Waals surface area (Å²) in [5.74, 6) is 0. The molecular formula is C58H64O18S2. The summed E-state index contributed by atoms with van der Waals surface area (Å²) in [5, 5.41) is 0. The molecule has 6 aromatic rings. The number of fused-ring (bicyclic) bond motifs is 2. The first kappa shape index (κ1) is 57.3. The molecule has 0 amide bonds. The molecule has 0 saturated carbocycles. The molecule has 416 valence electrons. The van der Waals surface area contributed by atoms with Crippen molar-refractivity contribution in [2.45, 2.75) is 101 Å². The fraction of sp³-hybridized carbons (Fsp3) is 0.379. The van der Waals surface area contributed by atoms with Gasteiger partial charge in [-0.15, -0.1) is 0 Å². The van der Waals surface area contributed by atoms with E-state index in [1.54, 1.807) is 0 Å². The van der Waals surface area contributed by atoms with Crippen molar-refractivity contribution in [1.29, 1.82) is 0 Å². The lowest BCUT2D eigenvalue weighted by atomic mass is 9.99. The van der Waals surface area contributed by atoms with Crippen molar-refractivity contribution >= 4 is 20.8 Å². The van der Waals surface area contributed by atoms with Gasteiger partial charge >= 0.3 is 20.8 Å². The summed E-state index contributed by atoms with van der Waals surface area (Å²) >= 11 is 0. The molecule has 18 nitrogen and oxygen atoms in total. The Hall–Kier alpha value is -5.34. The van der Waals surface area contributed by atoms with Crippen LogP contribution in [-0.2, 0) is 125 Å². The average Bonchev–Trinajstić information content (AvgIpc) is 3.79. The second-order valence-corrected chi connectivity index (χ2v) is 21.1. The highest BCUT2D eigenvalue weighted by molar-refractivity contribution is 7.82. The lowest BCUT2D eigenvalue weighted by Gasteiger charge is -2.37. The summed E-state index contributed by atoms with van der Waals surface area (Å²) in [4.78, 5) is 0. The summed E-state index contributed by atoms with van der Waals surface area (Å²) in [6.07, 6.45) is -7.95. The predicted octanol–water partition coefficient (Wildman–Crippen LogP) is 7.55. The van der Waals surface area contributed by atoms with E-state index in [2.05, 4.69) is 0 Å². The van der Waals surface area contributed by atoms with E-state index in [-0.39, 0.29) is 53.2 Å². The summed E-state index contributed by atoms with van der Waals surface area (Å²) in [6.45, 7) is 1.43. The Kier molecular flexibility index (Phi) is 21.5. The van der Waals surface area contributed by atoms with Gasteiger partial charge in [0, 0.05) is 0 Å². The standard InChI is InChI=1S/2C29H32O9S/c2*30-39(31)37-20-26-28(38-39)29(34-18-24-14-8-3-9-15-24)27(36-21-35-26)25(33-17-23-12-6-2-7-13-23)19-32-16-22-10-4-1-5-11-22/h2*1-15,25-29H,16-21H2/t25-,26+,27+,28+,29+;25-,26-,27-,28-,29-/m01/s1. The minimum atomic E-state index is -4.23. The summed E-state index contributed by atoms with van der Waals surface area (Å²) < 4.78 is 131. The molecule has 4 saturated heterocycles. The Balaban J connectivity index is 0.000000190. The Morgan fingerprint density at radius 1 is 0.385 bits per heavy atom. The zero-order valence-corrected chi connectivity index (χ0v) is 44.4. The number of rotatable bonds is 22. The molecule has 78 heavy (non-hydrogen) atoms. The SMILES string of the molecule is O=S1(=O)OC[C@H]2OCO[C@H]([C@@H](COCc3ccccc3)OCc3ccccc3)[C@@H](OCc3ccccc3)[C@@H]2O1.O=S1(=O)OC[C@H]2OCO[C@H]([C@H](COCc3ccccc3)OCc3ccccc3)[C@@H](OCc3ccccc3)[C@@H]2O1. The van der Waals surface area contributed by atoms with Crippen LogP contribution in [0, 0.1) is 0 Å². The molecule has 4 heterocycles. The van der Waals surface area contributed by atoms with Gasteiger partial charge in [0.2, 0.25) is 0 Å². The van der Waals surface area contributed by atoms with E-state index in [0.717, 1.165) is 33.4 Å². The van der Waals surface area contributed by atoms with Crippen LogP contribution in [0.2, 0.25) is 0 Å². The molecule has 6 aromatic carbocycles. The average molecular weight is 1110 g/mol. The number of hydrogen-bond acceptors (Lipinski definition) is 18. The monoisotopic (exact) mass is 1110 g/mol. The molecular weight excluding hydrogens is 1050 g/mol. The third kappa shape index (κ3) is 17.3. The first-order valence-corrected chi connectivity index (χ1v) is 28.3. The van der Waals surface area contributed by atoms with Gasteiger partial charge in [-0.2, -0.15) is 16.8 Å². The van der Waals surface area contributed by atoms with Crippen LogP contribution in [0.5, 0.6) is 0 Å². The van der Waals surface area contributed by atoms with E-state index in [9.17, 15) is 16.8 Å². The maximum Gasteiger partial charge on any atom is 0.400 e. The summed E-state index contributed by atoms with van der Waals surface area (Å²) in [7, 11) is -8.46. The Morgan fingerprint density at radius 3 is 1.00 bits per heavy atom. The molecule has 4 aliphatic rings. The van der Waals surface area contributed by atoms with Crippen LogP contribution in [0.3, 0.4) is 0 Å². The Morgan fingerprint density at radius 2 is 0.679 bits per heavy atom. The lowest BCUT2D eigenvalue weighted by molar-refractivity contribution is -0.183. The lowest BCUT2D eigenvalue weighted by Crippen LogP contribution is -2.55. The zero-order valence-electron chi connectivity index (χ0n) is 42.7. The van der Waals surface area contributed by atoms with Crippen LogP contribution < -0.4 is 0 Å². The highest BCUT2D eigenvalue weighted by Gasteiger charge is 2.51. The van der Waals surface area contributed by atoms with Gasteiger partial charge in [-0.3, -0.25) is 0 Å². The molecule has 4 fully saturated rings. The number of ether oxygens (including phenoxy) is 10. The van der Waals surface area contributed by atoms with Gasteiger partial charge in [0.1, 0.15) is 74.6 Å². The van der Waals surface area contributed by atoms with Crippen molar-refractivity contribution in [2.24, 2.45) is 0 Å². The van der Waals surface area contributed by atoms with E-state index in [0.29, 0.717) is 26.4 Å². The predicted molar refractivity (Wildman–Crippen MR) is 281 cm³/mol. The van der Waals surface area contributed by atoms with E-state index in [1.165, 1.54) is 0 Å². The minimum absolute atomic E-state index is 0.117. The maximum absolute atomic E-state index is 12.3. The molecule has 0 radical (unpaired) electrons. The van der Waals surface area contributed by atoms with Crippen LogP contribution in [0.4, 0.5) is 0 Å². The first-order chi connectivity index (χ1) is 38.1. The number of benzene rings is 6. The fourth-order valence-corrected chi connectivity index (χ4v) is 10.8. The van der Waals surface area contributed by atoms with Crippen molar-refractivity contribution in [3.8, 4) is 0 Å². The first-order valence-electron chi connectivity index (χ1n) is 25.6. The molecule has 4 aliphatic heterocycles.